The lowest BCUT2D eigenvalue weighted by Gasteiger charge is -2.17. The first-order chi connectivity index (χ1) is 72.4. The van der Waals surface area contributed by atoms with Crippen LogP contribution in [-0.4, -0.2) is 207 Å². The fraction of sp³-hybridized carbons (Fsp3) is 0.611. The molecule has 0 aliphatic heterocycles. The summed E-state index contributed by atoms with van der Waals surface area (Å²) in [6, 6.07) is 10.7. The number of ether oxygens (including phenoxy) is 9. The van der Waals surface area contributed by atoms with E-state index in [-0.39, 0.29) is 68.6 Å². The second-order valence-corrected chi connectivity index (χ2v) is 37.9. The van der Waals surface area contributed by atoms with Gasteiger partial charge >= 0.3 is 22.8 Å². The second kappa shape index (κ2) is 64.0. The van der Waals surface area contributed by atoms with Crippen molar-refractivity contribution in [2.45, 2.75) is 278 Å². The van der Waals surface area contributed by atoms with Gasteiger partial charge in [0.25, 0.3) is 28.1 Å². The van der Waals surface area contributed by atoms with E-state index in [1.165, 1.54) is 57.9 Å². The molecule has 150 heavy (non-hydrogen) atoms. The number of hydrogen-bond donors (Lipinski definition) is 4. The van der Waals surface area contributed by atoms with Crippen LogP contribution in [0.5, 0.6) is 51.7 Å². The standard InChI is InChI=1S/C29H43N5O6.C28H41N5O6.C27H39N5O6.C24H42N6O3/c1-32-20-31-27-25(32)28(36)34(29(37)33(27)2)17-13-11-9-7-6-8-10-12-14-24(35)30-16-15-21-18-22(38-3)26(40-5)23(19-21)39-4;1-31-19-30-25-23(31)27(35)33(28(36)32(25)2)16-14-12-10-8-6-7-9-11-13-15-29-26(34)20-17-21(37-3)24(39-5)22(18-20)38-4;1-30-18-29-25-23(30)26(34)32(27(35)31(25)2)14-12-10-8-6-7-9-11-13-22(33)28-17-19-15-20(36-3)24(38-5)21(16-19)37-4;1-5-29(6-2)18-16-25-20(31)15-13-11-9-7-8-10-12-14-17-30-23(32)21-22(26-19-27(21)3)28(4)24(30)33/h18-20H,6-17H2,1-5H3,(H,30,35);17-19H,6-16H2,1-5H3,(H,29,34);15-16,18H,6-14,17H2,1-5H3,(H,28,33);19H,5-18H2,1-4H3,(H,25,31). The molecule has 0 saturated carbocycles. The fourth-order valence-electron chi connectivity index (χ4n) is 18.4. The Kier molecular flexibility index (Phi) is 51.8. The molecule has 11 aromatic rings. The van der Waals surface area contributed by atoms with Crippen LogP contribution >= 0.6 is 0 Å². The van der Waals surface area contributed by atoms with Gasteiger partial charge in [-0.3, -0.25) is 74.9 Å². The number of likely N-dealkylation sites (N-methyl/N-ethyl adjacent to an activating group) is 1. The van der Waals surface area contributed by atoms with E-state index in [0.29, 0.717) is 173 Å². The number of unbranched alkanes of at least 4 members (excludes halogenated alkanes) is 28. The molecule has 0 radical (unpaired) electrons. The van der Waals surface area contributed by atoms with Crippen LogP contribution in [0.1, 0.15) is 260 Å². The van der Waals surface area contributed by atoms with Crippen molar-refractivity contribution in [3.05, 3.63) is 162 Å². The monoisotopic (exact) mass is 2090 g/mol. The number of amides is 4. The third kappa shape index (κ3) is 34.7. The van der Waals surface area contributed by atoms with Gasteiger partial charge in [0.15, 0.2) is 79.2 Å². The highest BCUT2D eigenvalue weighted by atomic mass is 16.5. The molecule has 828 valence electrons. The van der Waals surface area contributed by atoms with Crippen molar-refractivity contribution < 1.29 is 61.8 Å². The lowest BCUT2D eigenvalue weighted by molar-refractivity contribution is -0.122. The number of benzene rings is 3. The third-order valence-electron chi connectivity index (χ3n) is 27.3. The summed E-state index contributed by atoms with van der Waals surface area (Å²) in [5.74, 6) is 4.82. The predicted octanol–water partition coefficient (Wildman–Crippen LogP) is 12.0. The Labute approximate surface area is 877 Å². The Hall–Kier alpha value is -13.7. The van der Waals surface area contributed by atoms with Gasteiger partial charge in [0.05, 0.1) is 89.3 Å². The highest BCUT2D eigenvalue weighted by Gasteiger charge is 2.24. The van der Waals surface area contributed by atoms with Crippen LogP contribution in [0, 0.1) is 0 Å². The van der Waals surface area contributed by atoms with Gasteiger partial charge in [-0.1, -0.05) is 168 Å². The maximum absolute atomic E-state index is 12.7. The SMILES string of the molecule is CCN(CC)CCNC(=O)CCCCCCCCCCn1c(=O)c2c(ncn2C)n(C)c1=O.COc1cc(C(=O)NCCCCCCCCCCCn2c(=O)c3c(ncn3C)n(C)c2=O)cc(OC)c1OC.COc1cc(CCNC(=O)CCCCCCCCCCn2c(=O)c3c(ncn3C)n(C)c2=O)cc(OC)c1OC.COc1cc(CNC(=O)CCCCCCCCCn2c(=O)c3c(ncn3C)n(C)c2=O)cc(OC)c1OC. The summed E-state index contributed by atoms with van der Waals surface area (Å²) >= 11 is 0. The minimum Gasteiger partial charge on any atom is -0.493 e. The zero-order valence-corrected chi connectivity index (χ0v) is 92.2. The van der Waals surface area contributed by atoms with E-state index in [9.17, 15) is 57.5 Å². The normalized spacial score (nSPS) is 11.2. The first-order valence-corrected chi connectivity index (χ1v) is 53.0. The summed E-state index contributed by atoms with van der Waals surface area (Å²) in [5, 5.41) is 11.9. The van der Waals surface area contributed by atoms with Crippen LogP contribution in [0.3, 0.4) is 0 Å². The quantitative estimate of drug-likeness (QED) is 0.0257. The number of aryl methyl sites for hydroxylation is 8. The number of carbonyl (C=O) groups excluding carboxylic acids is 4. The van der Waals surface area contributed by atoms with E-state index in [2.05, 4.69) is 60.0 Å². The number of nitrogens with one attached hydrogen (secondary N) is 4. The molecule has 4 amide bonds. The average molecular weight is 2090 g/mol. The summed E-state index contributed by atoms with van der Waals surface area (Å²) in [7, 11) is 27.6. The molecule has 0 unspecified atom stereocenters. The maximum atomic E-state index is 12.7. The van der Waals surface area contributed by atoms with Gasteiger partial charge < -0.3 is 87.1 Å². The van der Waals surface area contributed by atoms with Crippen molar-refractivity contribution in [3.8, 4) is 51.7 Å². The van der Waals surface area contributed by atoms with Crippen molar-refractivity contribution >= 4 is 68.3 Å². The number of aromatic nitrogens is 16. The zero-order chi connectivity index (χ0) is 109. The Bertz CT molecular complexity index is 6600. The first-order valence-electron chi connectivity index (χ1n) is 53.0. The van der Waals surface area contributed by atoms with Gasteiger partial charge in [-0.25, -0.2) is 39.1 Å². The summed E-state index contributed by atoms with van der Waals surface area (Å²) in [4.78, 5) is 169. The third-order valence-corrected chi connectivity index (χ3v) is 27.3. The van der Waals surface area contributed by atoms with Crippen LogP contribution in [0.2, 0.25) is 0 Å². The fourth-order valence-corrected chi connectivity index (χ4v) is 18.4. The van der Waals surface area contributed by atoms with E-state index in [1.807, 2.05) is 24.3 Å². The molecule has 4 N–H and O–H groups in total. The lowest BCUT2D eigenvalue weighted by atomic mass is 10.1. The number of methoxy groups -OCH3 is 9. The predicted molar refractivity (Wildman–Crippen MR) is 582 cm³/mol. The van der Waals surface area contributed by atoms with Gasteiger partial charge in [0, 0.05) is 140 Å². The number of nitrogens with zero attached hydrogens (tertiary/aromatic N) is 17. The minimum atomic E-state index is -0.329. The molecule has 42 nitrogen and oxygen atoms in total. The largest absolute Gasteiger partial charge is 0.493 e. The number of carbonyl (C=O) groups is 4. The molecule has 0 fully saturated rings. The molecular weight excluding hydrogens is 1930 g/mol. The van der Waals surface area contributed by atoms with Crippen molar-refractivity contribution in [2.75, 3.05) is 103 Å². The molecule has 8 heterocycles. The van der Waals surface area contributed by atoms with Crippen LogP contribution in [0.4, 0.5) is 0 Å². The highest BCUT2D eigenvalue weighted by Crippen LogP contribution is 2.41. The van der Waals surface area contributed by atoms with Crippen LogP contribution < -0.4 is 109 Å². The molecule has 0 aliphatic carbocycles. The van der Waals surface area contributed by atoms with E-state index in [1.54, 1.807) is 155 Å². The number of fused-ring (bicyclic) bond motifs is 4. The Morgan fingerprint density at radius 3 is 0.807 bits per heavy atom. The molecular formula is C108H165N21O21. The van der Waals surface area contributed by atoms with Gasteiger partial charge in [-0.2, -0.15) is 0 Å². The van der Waals surface area contributed by atoms with E-state index < -0.39 is 0 Å². The van der Waals surface area contributed by atoms with E-state index in [0.717, 1.165) is 243 Å². The van der Waals surface area contributed by atoms with Crippen LogP contribution in [-0.2, 0) is 110 Å². The Morgan fingerprint density at radius 2 is 0.533 bits per heavy atom. The van der Waals surface area contributed by atoms with Crippen molar-refractivity contribution in [2.24, 2.45) is 56.4 Å². The van der Waals surface area contributed by atoms with Crippen molar-refractivity contribution in [1.82, 2.24) is 101 Å². The second-order valence-electron chi connectivity index (χ2n) is 37.9. The van der Waals surface area contributed by atoms with Crippen molar-refractivity contribution in [1.29, 1.82) is 0 Å². The molecule has 0 spiro atoms. The average Bonchev–Trinajstić information content (AvgIpc) is 1.60. The van der Waals surface area contributed by atoms with Crippen molar-refractivity contribution in [3.63, 3.8) is 0 Å². The molecule has 0 atom stereocenters. The summed E-state index contributed by atoms with van der Waals surface area (Å²) in [5.41, 5.74) is 3.48. The smallest absolute Gasteiger partial charge is 0.332 e. The van der Waals surface area contributed by atoms with Crippen LogP contribution in [0.15, 0.2) is 100 Å². The molecule has 0 aliphatic rings. The topological polar surface area (TPSA) is 450 Å². The lowest BCUT2D eigenvalue weighted by Crippen LogP contribution is -2.39. The molecule has 0 saturated heterocycles. The van der Waals surface area contributed by atoms with Gasteiger partial charge in [-0.15, -0.1) is 0 Å². The molecule has 3 aromatic carbocycles. The maximum Gasteiger partial charge on any atom is 0.332 e. The minimum absolute atomic E-state index is 0.0103. The van der Waals surface area contributed by atoms with Gasteiger partial charge in [0.2, 0.25) is 35.0 Å². The number of imidazole rings is 4. The first kappa shape index (κ1) is 122. The van der Waals surface area contributed by atoms with Gasteiger partial charge in [0.1, 0.15) is 0 Å². The summed E-state index contributed by atoms with van der Waals surface area (Å²) in [6.45, 7) is 11.2. The molecule has 8 aromatic heterocycles. The molecule has 42 heteroatoms. The van der Waals surface area contributed by atoms with E-state index in [4.69, 9.17) is 42.6 Å². The molecule has 11 rings (SSSR count). The highest BCUT2D eigenvalue weighted by molar-refractivity contribution is 5.95. The molecule has 0 bridgehead atoms. The summed E-state index contributed by atoms with van der Waals surface area (Å²) < 4.78 is 65.8. The number of hydrogen-bond acceptors (Lipinski definition) is 26. The number of rotatable bonds is 64. The Balaban J connectivity index is 0.000000244. The van der Waals surface area contributed by atoms with Gasteiger partial charge in [-0.05, 0) is 118 Å². The van der Waals surface area contributed by atoms with Crippen LogP contribution in [0.25, 0.3) is 44.7 Å². The zero-order valence-electron chi connectivity index (χ0n) is 92.2. The summed E-state index contributed by atoms with van der Waals surface area (Å²) in [6.07, 6.45) is 40.9. The van der Waals surface area contributed by atoms with E-state index >= 15 is 0 Å². The Morgan fingerprint density at radius 1 is 0.287 bits per heavy atom.